The molecular weight excluding hydrogens is 236 g/mol. The van der Waals surface area contributed by atoms with E-state index in [9.17, 15) is 0 Å². The molecular formula is C16H20N2O. The highest BCUT2D eigenvalue weighted by molar-refractivity contribution is 5.27. The fraction of sp³-hybridized carbons (Fsp3) is 0.312. The molecule has 1 unspecified atom stereocenters. The predicted octanol–water partition coefficient (Wildman–Crippen LogP) is 2.98. The van der Waals surface area contributed by atoms with Crippen LogP contribution in [-0.2, 0) is 6.42 Å². The Bertz CT molecular complexity index is 499. The number of aryl methyl sites for hydroxylation is 1. The van der Waals surface area contributed by atoms with E-state index in [1.807, 2.05) is 31.4 Å². The van der Waals surface area contributed by atoms with E-state index in [4.69, 9.17) is 4.74 Å². The van der Waals surface area contributed by atoms with Crippen LogP contribution >= 0.6 is 0 Å². The van der Waals surface area contributed by atoms with Crippen LogP contribution in [0.15, 0.2) is 48.7 Å². The molecule has 1 N–H and O–H groups in total. The lowest BCUT2D eigenvalue weighted by atomic mass is 10.0. The number of nitrogens with one attached hydrogen (secondary N) is 1. The highest BCUT2D eigenvalue weighted by Gasteiger charge is 2.11. The molecule has 100 valence electrons. The normalized spacial score (nSPS) is 12.1. The summed E-state index contributed by atoms with van der Waals surface area (Å²) < 4.78 is 5.33. The molecule has 0 aliphatic rings. The molecule has 3 nitrogen and oxygen atoms in total. The number of methoxy groups -OCH3 is 1. The number of aromatic nitrogens is 1. The molecule has 0 aliphatic carbocycles. The van der Waals surface area contributed by atoms with Gasteiger partial charge in [-0.05, 0) is 37.6 Å². The average molecular weight is 256 g/mol. The quantitative estimate of drug-likeness (QED) is 0.862. The van der Waals surface area contributed by atoms with E-state index in [0.29, 0.717) is 6.04 Å². The van der Waals surface area contributed by atoms with E-state index in [-0.39, 0.29) is 0 Å². The lowest BCUT2D eigenvalue weighted by Gasteiger charge is -2.17. The summed E-state index contributed by atoms with van der Waals surface area (Å²) in [6, 6.07) is 14.7. The molecule has 0 saturated carbocycles. The molecule has 0 spiro atoms. The van der Waals surface area contributed by atoms with E-state index in [2.05, 4.69) is 34.6 Å². The summed E-state index contributed by atoms with van der Waals surface area (Å²) in [5.74, 6) is 0.866. The van der Waals surface area contributed by atoms with Crippen LogP contribution in [-0.4, -0.2) is 19.1 Å². The molecule has 0 bridgehead atoms. The zero-order chi connectivity index (χ0) is 13.5. The third kappa shape index (κ3) is 3.55. The number of nitrogens with zero attached hydrogens (tertiary/aromatic N) is 1. The van der Waals surface area contributed by atoms with Crippen molar-refractivity contribution in [3.05, 3.63) is 59.9 Å². The lowest BCUT2D eigenvalue weighted by Crippen LogP contribution is -2.17. The Morgan fingerprint density at radius 2 is 1.95 bits per heavy atom. The summed E-state index contributed by atoms with van der Waals surface area (Å²) in [4.78, 5) is 4.40. The second-order valence-corrected chi connectivity index (χ2v) is 4.44. The summed E-state index contributed by atoms with van der Waals surface area (Å²) in [6.07, 6.45) is 3.70. The van der Waals surface area contributed by atoms with Gasteiger partial charge in [0.05, 0.1) is 12.8 Å². The third-order valence-electron chi connectivity index (χ3n) is 3.29. The van der Waals surface area contributed by atoms with E-state index >= 15 is 0 Å². The Labute approximate surface area is 114 Å². The van der Waals surface area contributed by atoms with Crippen LogP contribution in [0, 0.1) is 0 Å². The van der Waals surface area contributed by atoms with Gasteiger partial charge in [-0.25, -0.2) is 0 Å². The van der Waals surface area contributed by atoms with Gasteiger partial charge in [-0.1, -0.05) is 30.3 Å². The van der Waals surface area contributed by atoms with Crippen LogP contribution in [0.1, 0.15) is 23.7 Å². The van der Waals surface area contributed by atoms with Crippen molar-refractivity contribution in [3.63, 3.8) is 0 Å². The van der Waals surface area contributed by atoms with E-state index < -0.39 is 0 Å². The van der Waals surface area contributed by atoms with E-state index in [1.54, 1.807) is 7.11 Å². The SMILES string of the molecule is CNC(CCc1ncccc1OC)c1ccccc1. The van der Waals surface area contributed by atoms with Crippen LogP contribution in [0.3, 0.4) is 0 Å². The Balaban J connectivity index is 2.04. The van der Waals surface area contributed by atoms with E-state index in [1.165, 1.54) is 5.56 Å². The number of pyridine rings is 1. The Morgan fingerprint density at radius 3 is 2.63 bits per heavy atom. The summed E-state index contributed by atoms with van der Waals surface area (Å²) >= 11 is 0. The van der Waals surface area contributed by atoms with Gasteiger partial charge in [0.2, 0.25) is 0 Å². The van der Waals surface area contributed by atoms with Crippen molar-refractivity contribution in [2.75, 3.05) is 14.2 Å². The van der Waals surface area contributed by atoms with Gasteiger partial charge < -0.3 is 10.1 Å². The first-order valence-electron chi connectivity index (χ1n) is 6.55. The molecule has 2 aromatic rings. The zero-order valence-corrected chi connectivity index (χ0v) is 11.5. The van der Waals surface area contributed by atoms with Crippen molar-refractivity contribution in [1.82, 2.24) is 10.3 Å². The highest BCUT2D eigenvalue weighted by Crippen LogP contribution is 2.22. The molecule has 3 heteroatoms. The molecule has 1 aromatic heterocycles. The number of benzene rings is 1. The predicted molar refractivity (Wildman–Crippen MR) is 77.4 cm³/mol. The summed E-state index contributed by atoms with van der Waals surface area (Å²) in [5.41, 5.74) is 2.32. The van der Waals surface area contributed by atoms with Crippen molar-refractivity contribution in [3.8, 4) is 5.75 Å². The van der Waals surface area contributed by atoms with Crippen molar-refractivity contribution >= 4 is 0 Å². The number of ether oxygens (including phenoxy) is 1. The Hall–Kier alpha value is -1.87. The topological polar surface area (TPSA) is 34.2 Å². The maximum absolute atomic E-state index is 5.33. The van der Waals surface area contributed by atoms with Crippen molar-refractivity contribution in [1.29, 1.82) is 0 Å². The van der Waals surface area contributed by atoms with Crippen molar-refractivity contribution < 1.29 is 4.74 Å². The minimum atomic E-state index is 0.341. The number of hydrogen-bond donors (Lipinski definition) is 1. The van der Waals surface area contributed by atoms with Crippen LogP contribution in [0.5, 0.6) is 5.75 Å². The molecule has 0 radical (unpaired) electrons. The van der Waals surface area contributed by atoms with Crippen LogP contribution < -0.4 is 10.1 Å². The molecule has 1 aromatic carbocycles. The van der Waals surface area contributed by atoms with Crippen molar-refractivity contribution in [2.45, 2.75) is 18.9 Å². The monoisotopic (exact) mass is 256 g/mol. The molecule has 0 saturated heterocycles. The van der Waals surface area contributed by atoms with Crippen LogP contribution in [0.25, 0.3) is 0 Å². The third-order valence-corrected chi connectivity index (χ3v) is 3.29. The zero-order valence-electron chi connectivity index (χ0n) is 11.5. The van der Waals surface area contributed by atoms with Gasteiger partial charge in [0, 0.05) is 12.2 Å². The van der Waals surface area contributed by atoms with E-state index in [0.717, 1.165) is 24.3 Å². The average Bonchev–Trinajstić information content (AvgIpc) is 2.49. The van der Waals surface area contributed by atoms with Gasteiger partial charge >= 0.3 is 0 Å². The van der Waals surface area contributed by atoms with Gasteiger partial charge in [0.1, 0.15) is 5.75 Å². The minimum Gasteiger partial charge on any atom is -0.495 e. The highest BCUT2D eigenvalue weighted by atomic mass is 16.5. The van der Waals surface area contributed by atoms with Gasteiger partial charge in [0.25, 0.3) is 0 Å². The molecule has 1 heterocycles. The van der Waals surface area contributed by atoms with Crippen LogP contribution in [0.2, 0.25) is 0 Å². The molecule has 0 aliphatic heterocycles. The molecule has 1 atom stereocenters. The maximum Gasteiger partial charge on any atom is 0.140 e. The molecule has 19 heavy (non-hydrogen) atoms. The summed E-state index contributed by atoms with van der Waals surface area (Å²) in [6.45, 7) is 0. The standard InChI is InChI=1S/C16H20N2O/c1-17-14(13-7-4-3-5-8-13)10-11-15-16(19-2)9-6-12-18-15/h3-9,12,14,17H,10-11H2,1-2H3. The second-order valence-electron chi connectivity index (χ2n) is 4.44. The lowest BCUT2D eigenvalue weighted by molar-refractivity contribution is 0.404. The van der Waals surface area contributed by atoms with Gasteiger partial charge in [-0.2, -0.15) is 0 Å². The largest absolute Gasteiger partial charge is 0.495 e. The maximum atomic E-state index is 5.33. The van der Waals surface area contributed by atoms with Gasteiger partial charge in [0.15, 0.2) is 0 Å². The number of hydrogen-bond acceptors (Lipinski definition) is 3. The summed E-state index contributed by atoms with van der Waals surface area (Å²) in [5, 5.41) is 3.36. The fourth-order valence-electron chi connectivity index (χ4n) is 2.24. The molecule has 0 fully saturated rings. The number of rotatable bonds is 6. The first-order chi connectivity index (χ1) is 9.35. The fourth-order valence-corrected chi connectivity index (χ4v) is 2.24. The van der Waals surface area contributed by atoms with Crippen LogP contribution in [0.4, 0.5) is 0 Å². The van der Waals surface area contributed by atoms with Gasteiger partial charge in [-0.15, -0.1) is 0 Å². The minimum absolute atomic E-state index is 0.341. The second kappa shape index (κ2) is 6.90. The molecule has 2 rings (SSSR count). The Kier molecular flexibility index (Phi) is 4.93. The first kappa shape index (κ1) is 13.6. The summed E-state index contributed by atoms with van der Waals surface area (Å²) in [7, 11) is 3.68. The van der Waals surface area contributed by atoms with Gasteiger partial charge in [-0.3, -0.25) is 4.98 Å². The van der Waals surface area contributed by atoms with Crippen molar-refractivity contribution in [2.24, 2.45) is 0 Å². The Morgan fingerprint density at radius 1 is 1.16 bits per heavy atom. The smallest absolute Gasteiger partial charge is 0.140 e. The first-order valence-corrected chi connectivity index (χ1v) is 6.55. The molecule has 0 amide bonds.